The van der Waals surface area contributed by atoms with Gasteiger partial charge in [0.2, 0.25) is 0 Å². The Morgan fingerprint density at radius 3 is 2.53 bits per heavy atom. The summed E-state index contributed by atoms with van der Waals surface area (Å²) in [5.74, 6) is 0.128. The number of hydrogen-bond donors (Lipinski definition) is 1. The van der Waals surface area contributed by atoms with Crippen molar-refractivity contribution < 1.29 is 13.2 Å². The number of hydrogen-bond acceptors (Lipinski definition) is 2. The summed E-state index contributed by atoms with van der Waals surface area (Å²) >= 11 is 0. The van der Waals surface area contributed by atoms with Crippen LogP contribution in [0.5, 0.6) is 0 Å². The van der Waals surface area contributed by atoms with E-state index >= 15 is 0 Å². The van der Waals surface area contributed by atoms with Crippen molar-refractivity contribution in [3.05, 3.63) is 17.5 Å². The summed E-state index contributed by atoms with van der Waals surface area (Å²) in [4.78, 5) is 0. The van der Waals surface area contributed by atoms with E-state index in [9.17, 15) is 13.2 Å². The molecule has 0 amide bonds. The van der Waals surface area contributed by atoms with E-state index in [1.54, 1.807) is 0 Å². The van der Waals surface area contributed by atoms with Crippen LogP contribution in [0, 0.1) is 5.92 Å². The van der Waals surface area contributed by atoms with E-state index in [0.717, 1.165) is 4.68 Å². The fourth-order valence-corrected chi connectivity index (χ4v) is 1.63. The minimum absolute atomic E-state index is 0.128. The average Bonchev–Trinajstić information content (AvgIpc) is 2.56. The molecular formula is C11H18F3N3. The lowest BCUT2D eigenvalue weighted by molar-refractivity contribution is -0.145. The first-order valence-corrected chi connectivity index (χ1v) is 5.68. The van der Waals surface area contributed by atoms with E-state index < -0.39 is 11.9 Å². The van der Waals surface area contributed by atoms with Gasteiger partial charge in [-0.2, -0.15) is 18.3 Å². The van der Waals surface area contributed by atoms with Crippen molar-refractivity contribution >= 4 is 0 Å². The highest BCUT2D eigenvalue weighted by atomic mass is 19.4. The van der Waals surface area contributed by atoms with E-state index in [1.165, 1.54) is 6.20 Å². The summed E-state index contributed by atoms with van der Waals surface area (Å²) in [6, 6.07) is 0. The zero-order valence-electron chi connectivity index (χ0n) is 10.3. The Kier molecular flexibility index (Phi) is 4.56. The predicted molar refractivity (Wildman–Crippen MR) is 59.4 cm³/mol. The van der Waals surface area contributed by atoms with Gasteiger partial charge in [0.25, 0.3) is 0 Å². The number of nitrogens with zero attached hydrogens (tertiary/aromatic N) is 2. The van der Waals surface area contributed by atoms with Crippen LogP contribution in [-0.2, 0) is 19.3 Å². The molecule has 1 aromatic rings. The lowest BCUT2D eigenvalue weighted by Crippen LogP contribution is -2.21. The molecule has 6 heteroatoms. The summed E-state index contributed by atoms with van der Waals surface area (Å²) in [6.45, 7) is 6.69. The van der Waals surface area contributed by atoms with Crippen LogP contribution in [-0.4, -0.2) is 16.3 Å². The molecule has 0 atom stereocenters. The van der Waals surface area contributed by atoms with E-state index in [-0.39, 0.29) is 24.6 Å². The quantitative estimate of drug-likeness (QED) is 0.869. The molecule has 98 valence electrons. The fraction of sp³-hybridized carbons (Fsp3) is 0.727. The highest BCUT2D eigenvalue weighted by Crippen LogP contribution is 2.32. The smallest absolute Gasteiger partial charge is 0.313 e. The molecule has 0 aliphatic carbocycles. The van der Waals surface area contributed by atoms with Gasteiger partial charge < -0.3 is 5.32 Å². The van der Waals surface area contributed by atoms with Crippen LogP contribution in [0.3, 0.4) is 0 Å². The second kappa shape index (κ2) is 5.53. The van der Waals surface area contributed by atoms with E-state index in [4.69, 9.17) is 0 Å². The molecule has 1 N–H and O–H groups in total. The van der Waals surface area contributed by atoms with Crippen LogP contribution < -0.4 is 5.32 Å². The van der Waals surface area contributed by atoms with Gasteiger partial charge in [0.05, 0.1) is 6.20 Å². The molecule has 0 aliphatic heterocycles. The summed E-state index contributed by atoms with van der Waals surface area (Å²) in [6.07, 6.45) is -3.05. The van der Waals surface area contributed by atoms with Crippen molar-refractivity contribution in [1.82, 2.24) is 15.1 Å². The third-order valence-electron chi connectivity index (χ3n) is 2.29. The monoisotopic (exact) mass is 249 g/mol. The third kappa shape index (κ3) is 3.73. The highest BCUT2D eigenvalue weighted by Gasteiger charge is 2.37. The lowest BCUT2D eigenvalue weighted by Gasteiger charge is -2.14. The number of rotatable bonds is 5. The van der Waals surface area contributed by atoms with Crippen LogP contribution in [0.25, 0.3) is 0 Å². The Morgan fingerprint density at radius 2 is 2.06 bits per heavy atom. The molecule has 17 heavy (non-hydrogen) atoms. The first-order chi connectivity index (χ1) is 7.86. The molecule has 0 saturated carbocycles. The molecule has 1 heterocycles. The molecule has 0 fully saturated rings. The van der Waals surface area contributed by atoms with Gasteiger partial charge >= 0.3 is 6.18 Å². The van der Waals surface area contributed by atoms with Crippen molar-refractivity contribution in [1.29, 1.82) is 0 Å². The molecule has 3 nitrogen and oxygen atoms in total. The average molecular weight is 249 g/mol. The van der Waals surface area contributed by atoms with Gasteiger partial charge in [0, 0.05) is 18.7 Å². The van der Waals surface area contributed by atoms with Gasteiger partial charge in [-0.1, -0.05) is 20.8 Å². The number of nitrogens with one attached hydrogen (secondary N) is 1. The fourth-order valence-electron chi connectivity index (χ4n) is 1.63. The first kappa shape index (κ1) is 14.0. The molecule has 0 aliphatic rings. The largest absolute Gasteiger partial charge is 0.433 e. The standard InChI is InChI=1S/C11H18F3N3/c1-4-15-5-9-6-16-17(7-8(2)3)10(9)11(12,13)14/h6,8,15H,4-5,7H2,1-3H3. The lowest BCUT2D eigenvalue weighted by atomic mass is 10.2. The van der Waals surface area contributed by atoms with Crippen molar-refractivity contribution in [3.63, 3.8) is 0 Å². The van der Waals surface area contributed by atoms with Gasteiger partial charge in [-0.3, -0.25) is 4.68 Å². The van der Waals surface area contributed by atoms with Crippen LogP contribution >= 0.6 is 0 Å². The van der Waals surface area contributed by atoms with Gasteiger partial charge in [-0.05, 0) is 12.5 Å². The Morgan fingerprint density at radius 1 is 1.41 bits per heavy atom. The van der Waals surface area contributed by atoms with Crippen molar-refractivity contribution in [2.24, 2.45) is 5.92 Å². The first-order valence-electron chi connectivity index (χ1n) is 5.68. The maximum atomic E-state index is 12.9. The predicted octanol–water partition coefficient (Wildman–Crippen LogP) is 2.67. The van der Waals surface area contributed by atoms with Gasteiger partial charge in [-0.25, -0.2) is 0 Å². The normalized spacial score (nSPS) is 12.4. The Hall–Kier alpha value is -1.04. The topological polar surface area (TPSA) is 29.9 Å². The molecule has 0 spiro atoms. The van der Waals surface area contributed by atoms with Crippen molar-refractivity contribution in [3.8, 4) is 0 Å². The van der Waals surface area contributed by atoms with Crippen molar-refractivity contribution in [2.45, 2.75) is 40.0 Å². The molecule has 1 aromatic heterocycles. The van der Waals surface area contributed by atoms with Crippen LogP contribution in [0.4, 0.5) is 13.2 Å². The maximum Gasteiger partial charge on any atom is 0.433 e. The Bertz CT molecular complexity index is 355. The summed E-state index contributed by atoms with van der Waals surface area (Å²) in [7, 11) is 0. The van der Waals surface area contributed by atoms with Crippen LogP contribution in [0.15, 0.2) is 6.20 Å². The molecule has 1 rings (SSSR count). The minimum atomic E-state index is -4.35. The molecule has 0 aromatic carbocycles. The second-order valence-corrected chi connectivity index (χ2v) is 4.37. The van der Waals surface area contributed by atoms with Gasteiger partial charge in [0.1, 0.15) is 5.69 Å². The number of alkyl halides is 3. The molecule has 0 radical (unpaired) electrons. The van der Waals surface area contributed by atoms with Gasteiger partial charge in [-0.15, -0.1) is 0 Å². The van der Waals surface area contributed by atoms with Crippen LogP contribution in [0.2, 0.25) is 0 Å². The summed E-state index contributed by atoms with van der Waals surface area (Å²) in [5.41, 5.74) is -0.424. The maximum absolute atomic E-state index is 12.9. The minimum Gasteiger partial charge on any atom is -0.313 e. The molecule has 0 unspecified atom stereocenters. The van der Waals surface area contributed by atoms with E-state index in [2.05, 4.69) is 10.4 Å². The molecule has 0 bridgehead atoms. The van der Waals surface area contributed by atoms with E-state index in [0.29, 0.717) is 6.54 Å². The number of halogens is 3. The Labute approximate surface area is 99.0 Å². The molecule has 0 saturated heterocycles. The highest BCUT2D eigenvalue weighted by molar-refractivity contribution is 5.20. The number of aromatic nitrogens is 2. The molecular weight excluding hydrogens is 231 g/mol. The summed E-state index contributed by atoms with van der Waals surface area (Å²) < 4.78 is 39.8. The second-order valence-electron chi connectivity index (χ2n) is 4.37. The summed E-state index contributed by atoms with van der Waals surface area (Å²) in [5, 5.41) is 6.72. The zero-order chi connectivity index (χ0) is 13.1. The van der Waals surface area contributed by atoms with Gasteiger partial charge in [0.15, 0.2) is 0 Å². The van der Waals surface area contributed by atoms with Crippen LogP contribution in [0.1, 0.15) is 32.0 Å². The SMILES string of the molecule is CCNCc1cnn(CC(C)C)c1C(F)(F)F. The zero-order valence-corrected chi connectivity index (χ0v) is 10.3. The Balaban J connectivity index is 3.02. The van der Waals surface area contributed by atoms with Crippen molar-refractivity contribution in [2.75, 3.05) is 6.54 Å². The van der Waals surface area contributed by atoms with E-state index in [1.807, 2.05) is 20.8 Å². The third-order valence-corrected chi connectivity index (χ3v) is 2.29.